The largest absolute Gasteiger partial charge is 0.0654 e. The molecule has 0 aromatic rings. The lowest BCUT2D eigenvalue weighted by atomic mass is 9.72. The average molecular weight is 212 g/mol. The summed E-state index contributed by atoms with van der Waals surface area (Å²) in [6.07, 6.45) is 8.32. The summed E-state index contributed by atoms with van der Waals surface area (Å²) in [6, 6.07) is 0. The average Bonchev–Trinajstić information content (AvgIpc) is 2.13. The van der Waals surface area contributed by atoms with Crippen molar-refractivity contribution in [2.45, 2.75) is 80.1 Å². The summed E-state index contributed by atoms with van der Waals surface area (Å²) in [6.45, 7) is 14.3. The fraction of sp³-hybridized carbons (Fsp3) is 1.00. The molecule has 0 radical (unpaired) electrons. The van der Waals surface area contributed by atoms with E-state index >= 15 is 0 Å². The van der Waals surface area contributed by atoms with Crippen molar-refractivity contribution < 1.29 is 0 Å². The molecule has 2 atom stereocenters. The van der Waals surface area contributed by atoms with E-state index in [0.717, 1.165) is 11.8 Å². The van der Waals surface area contributed by atoms with Gasteiger partial charge in [-0.05, 0) is 36.5 Å². The summed E-state index contributed by atoms with van der Waals surface area (Å²) in [4.78, 5) is 0. The Hall–Kier alpha value is 0. The molecule has 0 aromatic carbocycles. The number of hydrogen-bond acceptors (Lipinski definition) is 0. The molecular weight excluding hydrogens is 180 g/mol. The smallest absolute Gasteiger partial charge is 0.0321 e. The highest BCUT2D eigenvalue weighted by Gasteiger charge is 2.26. The maximum atomic E-state index is 2.51. The summed E-state index contributed by atoms with van der Waals surface area (Å²) < 4.78 is 0. The first-order valence-electron chi connectivity index (χ1n) is 6.93. The molecule has 0 fully saturated rings. The summed E-state index contributed by atoms with van der Waals surface area (Å²) in [5.41, 5.74) is 0.597. The van der Waals surface area contributed by atoms with Crippen LogP contribution < -0.4 is 0 Å². The molecule has 0 nitrogen and oxygen atoms in total. The molecule has 0 saturated carbocycles. The monoisotopic (exact) mass is 212 g/mol. The van der Waals surface area contributed by atoms with Crippen molar-refractivity contribution in [1.29, 1.82) is 0 Å². The molecule has 92 valence electrons. The van der Waals surface area contributed by atoms with Gasteiger partial charge in [0.15, 0.2) is 0 Å². The zero-order valence-corrected chi connectivity index (χ0v) is 11.9. The molecular formula is C15H32. The van der Waals surface area contributed by atoms with Crippen molar-refractivity contribution in [2.75, 3.05) is 0 Å². The Balaban J connectivity index is 4.25. The van der Waals surface area contributed by atoms with Gasteiger partial charge in [0, 0.05) is 0 Å². The predicted molar refractivity (Wildman–Crippen MR) is 71.2 cm³/mol. The number of unbranched alkanes of at least 4 members (excludes halogenated alkanes) is 1. The number of hydrogen-bond donors (Lipinski definition) is 0. The van der Waals surface area contributed by atoms with Crippen molar-refractivity contribution in [3.8, 4) is 0 Å². The molecule has 0 aliphatic heterocycles. The van der Waals surface area contributed by atoms with Crippen LogP contribution >= 0.6 is 0 Å². The Morgan fingerprint density at radius 3 is 2.00 bits per heavy atom. The zero-order valence-electron chi connectivity index (χ0n) is 11.9. The van der Waals surface area contributed by atoms with Crippen LogP contribution in [0.3, 0.4) is 0 Å². The minimum absolute atomic E-state index is 0.597. The lowest BCUT2D eigenvalue weighted by Crippen LogP contribution is -2.22. The van der Waals surface area contributed by atoms with Crippen LogP contribution in [0.15, 0.2) is 0 Å². The van der Waals surface area contributed by atoms with Crippen LogP contribution in [-0.2, 0) is 0 Å². The molecule has 0 aliphatic carbocycles. The highest BCUT2D eigenvalue weighted by atomic mass is 14.3. The molecule has 0 amide bonds. The maximum absolute atomic E-state index is 2.51. The molecule has 0 spiro atoms. The normalized spacial score (nSPS) is 17.8. The van der Waals surface area contributed by atoms with E-state index in [4.69, 9.17) is 0 Å². The van der Waals surface area contributed by atoms with Gasteiger partial charge in [-0.25, -0.2) is 0 Å². The van der Waals surface area contributed by atoms with E-state index in [1.165, 1.54) is 38.5 Å². The van der Waals surface area contributed by atoms with Gasteiger partial charge in [-0.15, -0.1) is 0 Å². The first-order valence-corrected chi connectivity index (χ1v) is 6.93. The van der Waals surface area contributed by atoms with E-state index in [2.05, 4.69) is 41.5 Å². The maximum Gasteiger partial charge on any atom is -0.0321 e. The van der Waals surface area contributed by atoms with Crippen LogP contribution in [0.25, 0.3) is 0 Å². The molecule has 0 N–H and O–H groups in total. The van der Waals surface area contributed by atoms with Crippen molar-refractivity contribution in [3.05, 3.63) is 0 Å². The van der Waals surface area contributed by atoms with Gasteiger partial charge < -0.3 is 0 Å². The topological polar surface area (TPSA) is 0 Å². The molecule has 0 saturated heterocycles. The van der Waals surface area contributed by atoms with E-state index in [1.807, 2.05) is 0 Å². The van der Waals surface area contributed by atoms with Crippen LogP contribution in [0.5, 0.6) is 0 Å². The molecule has 15 heavy (non-hydrogen) atoms. The van der Waals surface area contributed by atoms with Crippen LogP contribution in [0.2, 0.25) is 0 Å². The second kappa shape index (κ2) is 7.30. The first kappa shape index (κ1) is 15.0. The standard InChI is InChI=1S/C15H32/c1-7-9-10-15(6,11-13(3)4)12-14(5)8-2/h13-14H,7-12H2,1-6H3. The Kier molecular flexibility index (Phi) is 7.30. The third-order valence-corrected chi connectivity index (χ3v) is 3.57. The Morgan fingerprint density at radius 2 is 1.60 bits per heavy atom. The van der Waals surface area contributed by atoms with Gasteiger partial charge in [-0.3, -0.25) is 0 Å². The zero-order chi connectivity index (χ0) is 11.9. The lowest BCUT2D eigenvalue weighted by molar-refractivity contribution is 0.178. The molecule has 0 aliphatic rings. The van der Waals surface area contributed by atoms with Crippen molar-refractivity contribution in [1.82, 2.24) is 0 Å². The van der Waals surface area contributed by atoms with Gasteiger partial charge in [0.1, 0.15) is 0 Å². The quantitative estimate of drug-likeness (QED) is 0.486. The van der Waals surface area contributed by atoms with E-state index in [0.29, 0.717) is 5.41 Å². The van der Waals surface area contributed by atoms with E-state index in [-0.39, 0.29) is 0 Å². The highest BCUT2D eigenvalue weighted by Crippen LogP contribution is 2.38. The second-order valence-electron chi connectivity index (χ2n) is 6.23. The summed E-state index contributed by atoms with van der Waals surface area (Å²) in [7, 11) is 0. The van der Waals surface area contributed by atoms with Gasteiger partial charge in [0.05, 0.1) is 0 Å². The Morgan fingerprint density at radius 1 is 1.00 bits per heavy atom. The molecule has 0 aromatic heterocycles. The molecule has 0 heterocycles. The van der Waals surface area contributed by atoms with Crippen LogP contribution in [0.1, 0.15) is 80.1 Å². The SMILES string of the molecule is CCCCC(C)(CC(C)C)CC(C)CC. The van der Waals surface area contributed by atoms with Gasteiger partial charge >= 0.3 is 0 Å². The second-order valence-corrected chi connectivity index (χ2v) is 6.23. The van der Waals surface area contributed by atoms with Crippen molar-refractivity contribution in [3.63, 3.8) is 0 Å². The fourth-order valence-corrected chi connectivity index (χ4v) is 2.86. The first-order chi connectivity index (χ1) is 6.93. The summed E-state index contributed by atoms with van der Waals surface area (Å²) in [5, 5.41) is 0. The minimum atomic E-state index is 0.597. The minimum Gasteiger partial charge on any atom is -0.0654 e. The van der Waals surface area contributed by atoms with Gasteiger partial charge in [0.2, 0.25) is 0 Å². The summed E-state index contributed by atoms with van der Waals surface area (Å²) >= 11 is 0. The molecule has 0 heteroatoms. The van der Waals surface area contributed by atoms with Gasteiger partial charge in [0.25, 0.3) is 0 Å². The van der Waals surface area contributed by atoms with Crippen LogP contribution in [-0.4, -0.2) is 0 Å². The third-order valence-electron chi connectivity index (χ3n) is 3.57. The van der Waals surface area contributed by atoms with Crippen LogP contribution in [0, 0.1) is 17.3 Å². The Bertz CT molecular complexity index is 148. The predicted octanol–water partition coefficient (Wildman–Crippen LogP) is 5.67. The lowest BCUT2D eigenvalue weighted by Gasteiger charge is -2.34. The van der Waals surface area contributed by atoms with Crippen molar-refractivity contribution in [2.24, 2.45) is 17.3 Å². The molecule has 0 rings (SSSR count). The highest BCUT2D eigenvalue weighted by molar-refractivity contribution is 4.77. The third kappa shape index (κ3) is 6.98. The van der Waals surface area contributed by atoms with Gasteiger partial charge in [-0.1, -0.05) is 60.8 Å². The Labute approximate surface area is 97.8 Å². The van der Waals surface area contributed by atoms with Crippen molar-refractivity contribution >= 4 is 0 Å². The molecule has 0 bridgehead atoms. The van der Waals surface area contributed by atoms with Gasteiger partial charge in [-0.2, -0.15) is 0 Å². The summed E-state index contributed by atoms with van der Waals surface area (Å²) in [5.74, 6) is 1.74. The fourth-order valence-electron chi connectivity index (χ4n) is 2.86. The van der Waals surface area contributed by atoms with E-state index in [9.17, 15) is 0 Å². The van der Waals surface area contributed by atoms with E-state index in [1.54, 1.807) is 0 Å². The van der Waals surface area contributed by atoms with E-state index < -0.39 is 0 Å². The molecule has 2 unspecified atom stereocenters. The van der Waals surface area contributed by atoms with Crippen LogP contribution in [0.4, 0.5) is 0 Å². The number of rotatable bonds is 8.